The van der Waals surface area contributed by atoms with E-state index in [9.17, 15) is 18.0 Å². The van der Waals surface area contributed by atoms with Crippen molar-refractivity contribution in [2.75, 3.05) is 18.0 Å². The molecule has 1 aromatic carbocycles. The predicted molar refractivity (Wildman–Crippen MR) is 88.4 cm³/mol. The van der Waals surface area contributed by atoms with E-state index < -0.39 is 11.7 Å². The van der Waals surface area contributed by atoms with Crippen LogP contribution >= 0.6 is 11.7 Å². The van der Waals surface area contributed by atoms with Gasteiger partial charge in [0.25, 0.3) is 0 Å². The minimum Gasteiger partial charge on any atom is -0.354 e. The smallest absolute Gasteiger partial charge is 0.354 e. The lowest BCUT2D eigenvalue weighted by Crippen LogP contribution is -2.45. The van der Waals surface area contributed by atoms with Crippen molar-refractivity contribution in [3.63, 3.8) is 0 Å². The van der Waals surface area contributed by atoms with E-state index in [0.29, 0.717) is 5.56 Å². The normalized spacial score (nSPS) is 16.0. The number of hydrogen-bond acceptors (Lipinski definition) is 5. The number of piperidine rings is 1. The quantitative estimate of drug-likeness (QED) is 0.899. The van der Waals surface area contributed by atoms with Gasteiger partial charge in [-0.1, -0.05) is 18.2 Å². The molecular weight excluding hydrogens is 353 g/mol. The number of rotatable bonds is 4. The average Bonchev–Trinajstić information content (AvgIpc) is 3.09. The van der Waals surface area contributed by atoms with Gasteiger partial charge in [-0.05, 0) is 24.5 Å². The molecule has 3 rings (SSSR count). The molecule has 0 radical (unpaired) electrons. The van der Waals surface area contributed by atoms with E-state index in [1.54, 1.807) is 6.20 Å². The fraction of sp³-hybridized carbons (Fsp3) is 0.438. The number of alkyl halides is 3. The number of nitrogens with zero attached hydrogens (tertiary/aromatic N) is 3. The van der Waals surface area contributed by atoms with Gasteiger partial charge in [-0.3, -0.25) is 4.79 Å². The molecule has 1 aromatic heterocycles. The largest absolute Gasteiger partial charge is 0.416 e. The molecule has 2 aromatic rings. The van der Waals surface area contributed by atoms with E-state index in [1.165, 1.54) is 12.1 Å². The molecule has 1 amide bonds. The molecule has 1 aliphatic heterocycles. The minimum atomic E-state index is -4.40. The Labute approximate surface area is 147 Å². The Morgan fingerprint density at radius 1 is 1.32 bits per heavy atom. The topological polar surface area (TPSA) is 58.1 Å². The maximum Gasteiger partial charge on any atom is 0.416 e. The molecule has 134 valence electrons. The summed E-state index contributed by atoms with van der Waals surface area (Å²) in [6.07, 6.45) is -1.20. The molecule has 5 nitrogen and oxygen atoms in total. The van der Waals surface area contributed by atoms with Crippen LogP contribution in [0.5, 0.6) is 0 Å². The van der Waals surface area contributed by atoms with Crippen molar-refractivity contribution in [2.45, 2.75) is 31.5 Å². The number of nitrogens with one attached hydrogen (secondary N) is 1. The Kier molecular flexibility index (Phi) is 5.22. The first-order valence-corrected chi connectivity index (χ1v) is 8.63. The zero-order valence-corrected chi connectivity index (χ0v) is 14.1. The Hall–Kier alpha value is -2.16. The maximum atomic E-state index is 12.7. The summed E-state index contributed by atoms with van der Waals surface area (Å²) in [5.74, 6) is 0.590. The first-order chi connectivity index (χ1) is 11.9. The van der Waals surface area contributed by atoms with E-state index in [0.717, 1.165) is 55.6 Å². The Balaban J connectivity index is 1.50. The predicted octanol–water partition coefficient (Wildman–Crippen LogP) is 2.88. The van der Waals surface area contributed by atoms with Crippen molar-refractivity contribution in [3.05, 3.63) is 41.6 Å². The van der Waals surface area contributed by atoms with Crippen LogP contribution < -0.4 is 10.2 Å². The number of amides is 1. The third kappa shape index (κ3) is 4.68. The second kappa shape index (κ2) is 7.38. The highest BCUT2D eigenvalue weighted by Crippen LogP contribution is 2.29. The van der Waals surface area contributed by atoms with Crippen LogP contribution in [0.15, 0.2) is 30.5 Å². The van der Waals surface area contributed by atoms with Crippen LogP contribution in [0.2, 0.25) is 0 Å². The highest BCUT2D eigenvalue weighted by molar-refractivity contribution is 6.99. The number of aromatic nitrogens is 2. The van der Waals surface area contributed by atoms with E-state index >= 15 is 0 Å². The molecule has 0 atom stereocenters. The molecule has 0 aliphatic carbocycles. The van der Waals surface area contributed by atoms with Crippen molar-refractivity contribution >= 4 is 23.5 Å². The molecular formula is C16H17F3N4OS. The molecule has 1 fully saturated rings. The van der Waals surface area contributed by atoms with E-state index in [-0.39, 0.29) is 18.4 Å². The van der Waals surface area contributed by atoms with E-state index in [1.807, 2.05) is 0 Å². The number of carbonyl (C=O) groups is 1. The fourth-order valence-corrected chi connectivity index (χ4v) is 3.31. The van der Waals surface area contributed by atoms with E-state index in [2.05, 4.69) is 19.0 Å². The standard InChI is InChI=1S/C16H17F3N4OS/c17-16(18,19)12-3-1-2-11(8-12)9-15(24)21-13-4-6-23(7-5-13)14-10-20-25-22-14/h1-3,8,10,13H,4-7,9H2,(H,21,24). The van der Waals surface area contributed by atoms with Gasteiger partial charge in [-0.2, -0.15) is 21.9 Å². The van der Waals surface area contributed by atoms with Crippen molar-refractivity contribution in [1.29, 1.82) is 0 Å². The molecule has 25 heavy (non-hydrogen) atoms. The van der Waals surface area contributed by atoms with Gasteiger partial charge in [-0.25, -0.2) is 0 Å². The SMILES string of the molecule is O=C(Cc1cccc(C(F)(F)F)c1)NC1CCN(c2cnsn2)CC1. The van der Waals surface area contributed by atoms with Crippen molar-refractivity contribution in [3.8, 4) is 0 Å². The first-order valence-electron chi connectivity index (χ1n) is 7.90. The summed E-state index contributed by atoms with van der Waals surface area (Å²) in [6, 6.07) is 4.92. The average molecular weight is 370 g/mol. The van der Waals surface area contributed by atoms with Gasteiger partial charge in [-0.15, -0.1) is 0 Å². The second-order valence-corrected chi connectivity index (χ2v) is 6.53. The van der Waals surface area contributed by atoms with Crippen LogP contribution in [0.1, 0.15) is 24.0 Å². The van der Waals surface area contributed by atoms with Crippen LogP contribution in [0.25, 0.3) is 0 Å². The maximum absolute atomic E-state index is 12.7. The summed E-state index contributed by atoms with van der Waals surface area (Å²) < 4.78 is 46.3. The Morgan fingerprint density at radius 3 is 2.72 bits per heavy atom. The highest BCUT2D eigenvalue weighted by atomic mass is 32.1. The third-order valence-electron chi connectivity index (χ3n) is 4.15. The zero-order valence-electron chi connectivity index (χ0n) is 13.3. The minimum absolute atomic E-state index is 0.0288. The van der Waals surface area contributed by atoms with Crippen molar-refractivity contribution in [1.82, 2.24) is 14.1 Å². The summed E-state index contributed by atoms with van der Waals surface area (Å²) >= 11 is 1.16. The number of benzene rings is 1. The zero-order chi connectivity index (χ0) is 17.9. The van der Waals surface area contributed by atoms with Crippen LogP contribution in [0, 0.1) is 0 Å². The van der Waals surface area contributed by atoms with Crippen LogP contribution in [0.4, 0.5) is 19.0 Å². The third-order valence-corrected chi connectivity index (χ3v) is 4.62. The fourth-order valence-electron chi connectivity index (χ4n) is 2.87. The molecule has 9 heteroatoms. The lowest BCUT2D eigenvalue weighted by atomic mass is 10.0. The van der Waals surface area contributed by atoms with Crippen LogP contribution in [-0.4, -0.2) is 33.8 Å². The molecule has 1 N–H and O–H groups in total. The number of carbonyl (C=O) groups excluding carboxylic acids is 1. The molecule has 0 unspecified atom stereocenters. The van der Waals surface area contributed by atoms with Gasteiger partial charge in [0.05, 0.1) is 29.9 Å². The molecule has 1 saturated heterocycles. The first kappa shape index (κ1) is 17.7. The molecule has 2 heterocycles. The molecule has 1 aliphatic rings. The monoisotopic (exact) mass is 370 g/mol. The van der Waals surface area contributed by atoms with Gasteiger partial charge in [0.1, 0.15) is 0 Å². The summed E-state index contributed by atoms with van der Waals surface area (Å²) in [7, 11) is 0. The number of halogens is 3. The van der Waals surface area contributed by atoms with Gasteiger partial charge in [0, 0.05) is 19.1 Å². The van der Waals surface area contributed by atoms with Gasteiger partial charge >= 0.3 is 6.18 Å². The summed E-state index contributed by atoms with van der Waals surface area (Å²) in [5, 5.41) is 2.91. The Bertz CT molecular complexity index is 712. The lowest BCUT2D eigenvalue weighted by Gasteiger charge is -2.32. The molecule has 0 spiro atoms. The van der Waals surface area contributed by atoms with Gasteiger partial charge in [0.2, 0.25) is 5.91 Å². The summed E-state index contributed by atoms with van der Waals surface area (Å²) in [6.45, 7) is 1.53. The van der Waals surface area contributed by atoms with E-state index in [4.69, 9.17) is 0 Å². The second-order valence-electron chi connectivity index (χ2n) is 5.97. The van der Waals surface area contributed by atoms with Crippen LogP contribution in [0.3, 0.4) is 0 Å². The number of hydrogen-bond donors (Lipinski definition) is 1. The number of anilines is 1. The molecule has 0 saturated carbocycles. The summed E-state index contributed by atoms with van der Waals surface area (Å²) in [5.41, 5.74) is -0.374. The van der Waals surface area contributed by atoms with Crippen molar-refractivity contribution in [2.24, 2.45) is 0 Å². The lowest BCUT2D eigenvalue weighted by molar-refractivity contribution is -0.137. The Morgan fingerprint density at radius 2 is 2.08 bits per heavy atom. The molecule has 0 bridgehead atoms. The van der Waals surface area contributed by atoms with Crippen molar-refractivity contribution < 1.29 is 18.0 Å². The highest BCUT2D eigenvalue weighted by Gasteiger charge is 2.30. The van der Waals surface area contributed by atoms with Gasteiger partial charge in [0.15, 0.2) is 5.82 Å². The van der Waals surface area contributed by atoms with Gasteiger partial charge < -0.3 is 10.2 Å². The van der Waals surface area contributed by atoms with Crippen LogP contribution in [-0.2, 0) is 17.4 Å². The summed E-state index contributed by atoms with van der Waals surface area (Å²) in [4.78, 5) is 14.2.